The van der Waals surface area contributed by atoms with Crippen molar-refractivity contribution in [2.75, 3.05) is 18.4 Å². The van der Waals surface area contributed by atoms with Crippen LogP contribution >= 0.6 is 0 Å². The van der Waals surface area contributed by atoms with Crippen molar-refractivity contribution >= 4 is 17.8 Å². The fourth-order valence-corrected chi connectivity index (χ4v) is 2.82. The number of aromatic nitrogens is 2. The first-order chi connectivity index (χ1) is 10.2. The first kappa shape index (κ1) is 16.3. The number of nitrogens with one attached hydrogen (secondary N) is 1. The lowest BCUT2D eigenvalue weighted by molar-refractivity contribution is -0.143. The molecule has 2 amide bonds. The van der Waals surface area contributed by atoms with E-state index in [0.717, 1.165) is 0 Å². The van der Waals surface area contributed by atoms with Gasteiger partial charge in [-0.15, -0.1) is 0 Å². The molecule has 1 aromatic heterocycles. The second-order valence-corrected chi connectivity index (χ2v) is 7.01. The molecule has 0 aromatic carbocycles. The quantitative estimate of drug-likeness (QED) is 0.877. The maximum Gasteiger partial charge on any atom is 0.323 e. The molecular weight excluding hydrogens is 284 g/mol. The first-order valence-electron chi connectivity index (χ1n) is 7.51. The molecule has 1 aliphatic rings. The molecule has 1 aromatic rings. The normalized spacial score (nSPS) is 22.5. The maximum absolute atomic E-state index is 12.4. The van der Waals surface area contributed by atoms with Crippen molar-refractivity contribution in [3.8, 4) is 0 Å². The Kier molecular flexibility index (Phi) is 4.44. The van der Waals surface area contributed by atoms with Gasteiger partial charge in [0.25, 0.3) is 0 Å². The minimum absolute atomic E-state index is 0.174. The lowest BCUT2D eigenvalue weighted by atomic mass is 9.91. The van der Waals surface area contributed by atoms with Crippen LogP contribution in [0.4, 0.5) is 10.6 Å². The molecule has 122 valence electrons. The summed E-state index contributed by atoms with van der Waals surface area (Å²) in [6.45, 7) is 8.78. The Bertz CT molecular complexity index is 561. The number of nitrogens with zero attached hydrogens (tertiary/aromatic N) is 3. The minimum Gasteiger partial charge on any atom is -0.481 e. The van der Waals surface area contributed by atoms with Crippen LogP contribution < -0.4 is 5.32 Å². The molecule has 7 heteroatoms. The predicted molar refractivity (Wildman–Crippen MR) is 82.7 cm³/mol. The monoisotopic (exact) mass is 308 g/mol. The number of aliphatic carboxylic acids is 1. The van der Waals surface area contributed by atoms with Crippen molar-refractivity contribution in [2.45, 2.75) is 39.7 Å². The summed E-state index contributed by atoms with van der Waals surface area (Å²) in [6, 6.07) is 1.47. The summed E-state index contributed by atoms with van der Waals surface area (Å²) < 4.78 is 1.74. The Morgan fingerprint density at radius 2 is 2.05 bits per heavy atom. The molecule has 0 aliphatic carbocycles. The molecule has 22 heavy (non-hydrogen) atoms. The van der Waals surface area contributed by atoms with E-state index in [4.69, 9.17) is 0 Å². The zero-order chi connectivity index (χ0) is 16.5. The number of carbonyl (C=O) groups is 2. The van der Waals surface area contributed by atoms with Gasteiger partial charge in [0.2, 0.25) is 0 Å². The van der Waals surface area contributed by atoms with Crippen LogP contribution in [0.1, 0.15) is 34.1 Å². The summed E-state index contributed by atoms with van der Waals surface area (Å²) in [5.74, 6) is -0.554. The average Bonchev–Trinajstić information content (AvgIpc) is 2.86. The van der Waals surface area contributed by atoms with Gasteiger partial charge in [0, 0.05) is 19.2 Å². The van der Waals surface area contributed by atoms with Gasteiger partial charge in [-0.05, 0) is 33.1 Å². The number of hydrogen-bond acceptors (Lipinski definition) is 3. The fourth-order valence-electron chi connectivity index (χ4n) is 2.82. The Hall–Kier alpha value is -2.05. The molecule has 7 nitrogen and oxygen atoms in total. The van der Waals surface area contributed by atoms with E-state index in [1.54, 1.807) is 21.8 Å². The van der Waals surface area contributed by atoms with Crippen LogP contribution in [0.3, 0.4) is 0 Å². The van der Waals surface area contributed by atoms with Crippen molar-refractivity contribution in [3.05, 3.63) is 12.3 Å². The Balaban J connectivity index is 2.09. The van der Waals surface area contributed by atoms with Crippen molar-refractivity contribution in [2.24, 2.45) is 11.8 Å². The van der Waals surface area contributed by atoms with E-state index in [1.807, 2.05) is 27.7 Å². The van der Waals surface area contributed by atoms with Gasteiger partial charge in [0.15, 0.2) is 0 Å². The number of hydrogen-bond donors (Lipinski definition) is 2. The highest BCUT2D eigenvalue weighted by atomic mass is 16.4. The van der Waals surface area contributed by atoms with Crippen LogP contribution in [0.25, 0.3) is 0 Å². The molecule has 2 N–H and O–H groups in total. The van der Waals surface area contributed by atoms with E-state index in [0.29, 0.717) is 18.8 Å². The van der Waals surface area contributed by atoms with E-state index in [1.165, 1.54) is 0 Å². The Labute approximate surface area is 130 Å². The van der Waals surface area contributed by atoms with Gasteiger partial charge >= 0.3 is 12.0 Å². The molecule has 0 radical (unpaired) electrons. The Morgan fingerprint density at radius 1 is 1.36 bits per heavy atom. The topological polar surface area (TPSA) is 87.5 Å². The van der Waals surface area contributed by atoms with Crippen molar-refractivity contribution < 1.29 is 14.7 Å². The first-order valence-corrected chi connectivity index (χ1v) is 7.51. The van der Waals surface area contributed by atoms with Crippen molar-refractivity contribution in [1.29, 1.82) is 0 Å². The van der Waals surface area contributed by atoms with Gasteiger partial charge in [-0.1, -0.05) is 6.92 Å². The van der Waals surface area contributed by atoms with E-state index >= 15 is 0 Å². The highest BCUT2D eigenvalue weighted by molar-refractivity contribution is 5.89. The number of carboxylic acids is 1. The highest BCUT2D eigenvalue weighted by Gasteiger charge is 2.32. The number of rotatable bonds is 2. The van der Waals surface area contributed by atoms with E-state index in [9.17, 15) is 14.7 Å². The van der Waals surface area contributed by atoms with Gasteiger partial charge in [-0.25, -0.2) is 9.48 Å². The minimum atomic E-state index is -0.843. The number of urea groups is 1. The molecule has 2 unspecified atom stereocenters. The molecule has 2 heterocycles. The second-order valence-electron chi connectivity index (χ2n) is 7.01. The average molecular weight is 308 g/mol. The predicted octanol–water partition coefficient (Wildman–Crippen LogP) is 2.21. The number of anilines is 1. The van der Waals surface area contributed by atoms with Gasteiger partial charge < -0.3 is 10.0 Å². The van der Waals surface area contributed by atoms with Crippen LogP contribution in [0.2, 0.25) is 0 Å². The van der Waals surface area contributed by atoms with Gasteiger partial charge in [0.1, 0.15) is 5.82 Å². The van der Waals surface area contributed by atoms with Crippen LogP contribution in [0.5, 0.6) is 0 Å². The third kappa shape index (κ3) is 3.58. The Morgan fingerprint density at radius 3 is 2.64 bits per heavy atom. The zero-order valence-corrected chi connectivity index (χ0v) is 13.5. The smallest absolute Gasteiger partial charge is 0.323 e. The third-order valence-corrected chi connectivity index (χ3v) is 3.81. The summed E-state index contributed by atoms with van der Waals surface area (Å²) in [4.78, 5) is 25.2. The van der Waals surface area contributed by atoms with E-state index < -0.39 is 11.9 Å². The molecule has 1 fully saturated rings. The largest absolute Gasteiger partial charge is 0.481 e. The number of piperidine rings is 1. The molecule has 1 saturated heterocycles. The lowest BCUT2D eigenvalue weighted by Gasteiger charge is -2.34. The van der Waals surface area contributed by atoms with E-state index in [-0.39, 0.29) is 24.0 Å². The summed E-state index contributed by atoms with van der Waals surface area (Å²) in [6.07, 6.45) is 2.25. The summed E-state index contributed by atoms with van der Waals surface area (Å²) in [7, 11) is 0. The standard InChI is InChI=1S/C15H24N4O3/c1-10-7-11(13(20)21)9-18(8-10)14(22)17-12-5-6-16-19(12)15(2,3)4/h5-6,10-11H,7-9H2,1-4H3,(H,17,22)(H,20,21). The van der Waals surface area contributed by atoms with Gasteiger partial charge in [-0.2, -0.15) is 5.10 Å². The fraction of sp³-hybridized carbons (Fsp3) is 0.667. The van der Waals surface area contributed by atoms with Crippen LogP contribution in [0.15, 0.2) is 12.3 Å². The molecule has 2 atom stereocenters. The molecule has 0 bridgehead atoms. The van der Waals surface area contributed by atoms with Crippen molar-refractivity contribution in [3.63, 3.8) is 0 Å². The van der Waals surface area contributed by atoms with Crippen LogP contribution in [-0.2, 0) is 10.3 Å². The SMILES string of the molecule is CC1CC(C(=O)O)CN(C(=O)Nc2ccnn2C(C)(C)C)C1. The second kappa shape index (κ2) is 5.98. The number of carbonyl (C=O) groups excluding carboxylic acids is 1. The molecule has 1 aliphatic heterocycles. The third-order valence-electron chi connectivity index (χ3n) is 3.81. The number of amides is 2. The van der Waals surface area contributed by atoms with Crippen LogP contribution in [0, 0.1) is 11.8 Å². The van der Waals surface area contributed by atoms with Crippen LogP contribution in [-0.4, -0.2) is 44.9 Å². The summed E-state index contributed by atoms with van der Waals surface area (Å²) >= 11 is 0. The molecule has 0 spiro atoms. The number of carboxylic acid groups (broad SMARTS) is 1. The molecular formula is C15H24N4O3. The van der Waals surface area contributed by atoms with Gasteiger partial charge in [-0.3, -0.25) is 10.1 Å². The summed E-state index contributed by atoms with van der Waals surface area (Å²) in [5.41, 5.74) is -0.245. The summed E-state index contributed by atoms with van der Waals surface area (Å²) in [5, 5.41) is 16.3. The molecule has 2 rings (SSSR count). The van der Waals surface area contributed by atoms with E-state index in [2.05, 4.69) is 10.4 Å². The lowest BCUT2D eigenvalue weighted by Crippen LogP contribution is -2.47. The maximum atomic E-state index is 12.4. The zero-order valence-electron chi connectivity index (χ0n) is 13.5. The highest BCUT2D eigenvalue weighted by Crippen LogP contribution is 2.24. The molecule has 0 saturated carbocycles. The van der Waals surface area contributed by atoms with Crippen molar-refractivity contribution in [1.82, 2.24) is 14.7 Å². The van der Waals surface area contributed by atoms with Gasteiger partial charge in [0.05, 0.1) is 17.7 Å². The number of likely N-dealkylation sites (tertiary alicyclic amines) is 1.